The van der Waals surface area contributed by atoms with Crippen molar-refractivity contribution in [2.24, 2.45) is 4.99 Å². The lowest BCUT2D eigenvalue weighted by Gasteiger charge is -2.04. The third kappa shape index (κ3) is 6.36. The number of benzene rings is 1. The zero-order chi connectivity index (χ0) is 17.0. The van der Waals surface area contributed by atoms with Gasteiger partial charge in [0, 0.05) is 12.7 Å². The van der Waals surface area contributed by atoms with Gasteiger partial charge in [-0.25, -0.2) is 9.48 Å². The molecule has 0 unspecified atom stereocenters. The normalized spacial score (nSPS) is 11.5. The molecule has 0 atom stereocenters. The molecule has 0 aliphatic rings. The highest BCUT2D eigenvalue weighted by molar-refractivity contribution is 5.74. The molecule has 1 heterocycles. The summed E-state index contributed by atoms with van der Waals surface area (Å²) in [5, 5.41) is 7.67. The van der Waals surface area contributed by atoms with Crippen LogP contribution in [0.25, 0.3) is 5.69 Å². The van der Waals surface area contributed by atoms with Gasteiger partial charge in [0.05, 0.1) is 17.2 Å². The van der Waals surface area contributed by atoms with Crippen LogP contribution < -0.4 is 10.7 Å². The van der Waals surface area contributed by atoms with Crippen LogP contribution in [0, 0.1) is 0 Å². The number of nitrogens with zero attached hydrogens (tertiary/aromatic N) is 3. The van der Waals surface area contributed by atoms with Crippen LogP contribution in [0.1, 0.15) is 45.4 Å². The van der Waals surface area contributed by atoms with E-state index in [9.17, 15) is 4.79 Å². The maximum absolute atomic E-state index is 11.8. The van der Waals surface area contributed by atoms with Crippen LogP contribution in [0.2, 0.25) is 0 Å². The molecule has 2 aromatic rings. The molecule has 0 bridgehead atoms. The maximum atomic E-state index is 11.8. The number of urea groups is 1. The Kier molecular flexibility index (Phi) is 7.74. The minimum Gasteiger partial charge on any atom is -0.336 e. The van der Waals surface area contributed by atoms with Gasteiger partial charge in [-0.05, 0) is 24.6 Å². The van der Waals surface area contributed by atoms with Gasteiger partial charge >= 0.3 is 6.03 Å². The van der Waals surface area contributed by atoms with Crippen molar-refractivity contribution in [3.63, 3.8) is 0 Å². The van der Waals surface area contributed by atoms with E-state index < -0.39 is 0 Å². The van der Waals surface area contributed by atoms with Gasteiger partial charge in [0.15, 0.2) is 0 Å². The first-order valence-corrected chi connectivity index (χ1v) is 8.72. The predicted molar refractivity (Wildman–Crippen MR) is 95.9 cm³/mol. The highest BCUT2D eigenvalue weighted by Crippen LogP contribution is 2.04. The molecular formula is C19H26N4O. The molecule has 1 aromatic heterocycles. The Morgan fingerprint density at radius 3 is 2.54 bits per heavy atom. The molecule has 2 rings (SSSR count). The van der Waals surface area contributed by atoms with Crippen molar-refractivity contribution < 1.29 is 4.79 Å². The molecule has 0 spiro atoms. The van der Waals surface area contributed by atoms with E-state index in [2.05, 4.69) is 22.3 Å². The summed E-state index contributed by atoms with van der Waals surface area (Å²) in [5.74, 6) is 0. The van der Waals surface area contributed by atoms with E-state index in [1.165, 1.54) is 25.7 Å². The van der Waals surface area contributed by atoms with Gasteiger partial charge in [-0.15, -0.1) is 0 Å². The number of nitrogens with one attached hydrogen (secondary N) is 1. The lowest BCUT2D eigenvalue weighted by molar-refractivity contribution is 0.248. The fraction of sp³-hybridized carbons (Fsp3) is 0.421. The molecule has 0 saturated carbocycles. The summed E-state index contributed by atoms with van der Waals surface area (Å²) in [6, 6.07) is 11.3. The lowest BCUT2D eigenvalue weighted by Crippen LogP contribution is -2.23. The van der Waals surface area contributed by atoms with Gasteiger partial charge < -0.3 is 5.32 Å². The summed E-state index contributed by atoms with van der Waals surface area (Å²) in [7, 11) is 0. The Hall–Kier alpha value is -2.43. The average Bonchev–Trinajstić information content (AvgIpc) is 2.62. The van der Waals surface area contributed by atoms with Crippen LogP contribution in [-0.4, -0.2) is 22.4 Å². The quantitative estimate of drug-likeness (QED) is 0.749. The number of rotatable bonds is 8. The fourth-order valence-corrected chi connectivity index (χ4v) is 2.41. The fourth-order valence-electron chi connectivity index (χ4n) is 2.41. The third-order valence-corrected chi connectivity index (χ3v) is 3.76. The van der Waals surface area contributed by atoms with Crippen LogP contribution >= 0.6 is 0 Å². The SMILES string of the molecule is CCCCCCCCNC(=O)/N=c1/ccn(-c2ccccc2)nc1. The Morgan fingerprint density at radius 1 is 1.08 bits per heavy atom. The van der Waals surface area contributed by atoms with E-state index in [4.69, 9.17) is 0 Å². The summed E-state index contributed by atoms with van der Waals surface area (Å²) in [4.78, 5) is 15.8. The first kappa shape index (κ1) is 17.9. The second kappa shape index (κ2) is 10.4. The summed E-state index contributed by atoms with van der Waals surface area (Å²) in [6.45, 7) is 2.89. The minimum atomic E-state index is -0.303. The summed E-state index contributed by atoms with van der Waals surface area (Å²) in [6.07, 6.45) is 10.6. The Bertz CT molecular complexity index is 659. The number of hydrogen-bond acceptors (Lipinski definition) is 2. The molecule has 1 aromatic carbocycles. The number of aromatic nitrogens is 2. The van der Waals surface area contributed by atoms with E-state index in [1.807, 2.05) is 30.3 Å². The number of carbonyl (C=O) groups is 1. The molecule has 0 aliphatic carbocycles. The van der Waals surface area contributed by atoms with Crippen LogP contribution in [0.15, 0.2) is 53.8 Å². The molecule has 128 valence electrons. The lowest BCUT2D eigenvalue weighted by atomic mass is 10.1. The van der Waals surface area contributed by atoms with E-state index in [1.54, 1.807) is 23.1 Å². The molecule has 5 nitrogen and oxygen atoms in total. The average molecular weight is 326 g/mol. The molecule has 24 heavy (non-hydrogen) atoms. The molecule has 0 aliphatic heterocycles. The number of carbonyl (C=O) groups excluding carboxylic acids is 1. The van der Waals surface area contributed by atoms with E-state index in [-0.39, 0.29) is 6.03 Å². The van der Waals surface area contributed by atoms with E-state index in [0.29, 0.717) is 11.9 Å². The predicted octanol–water partition coefficient (Wildman–Crippen LogP) is 3.84. The summed E-state index contributed by atoms with van der Waals surface area (Å²) < 4.78 is 1.74. The van der Waals surface area contributed by atoms with Gasteiger partial charge in [0.1, 0.15) is 0 Å². The van der Waals surface area contributed by atoms with Crippen molar-refractivity contribution in [3.05, 3.63) is 54.1 Å². The Morgan fingerprint density at radius 2 is 1.83 bits per heavy atom. The van der Waals surface area contributed by atoms with Crippen LogP contribution in [-0.2, 0) is 0 Å². The smallest absolute Gasteiger partial charge is 0.336 e. The minimum absolute atomic E-state index is 0.303. The van der Waals surface area contributed by atoms with Crippen molar-refractivity contribution in [2.75, 3.05) is 6.54 Å². The van der Waals surface area contributed by atoms with E-state index >= 15 is 0 Å². The van der Waals surface area contributed by atoms with Crippen molar-refractivity contribution in [1.29, 1.82) is 0 Å². The zero-order valence-electron chi connectivity index (χ0n) is 14.3. The van der Waals surface area contributed by atoms with Crippen molar-refractivity contribution in [1.82, 2.24) is 15.1 Å². The van der Waals surface area contributed by atoms with Gasteiger partial charge in [0.25, 0.3) is 0 Å². The number of hydrogen-bond donors (Lipinski definition) is 1. The molecule has 0 fully saturated rings. The van der Waals surface area contributed by atoms with Crippen LogP contribution in [0.4, 0.5) is 4.79 Å². The molecule has 5 heteroatoms. The van der Waals surface area contributed by atoms with Crippen LogP contribution in [0.5, 0.6) is 0 Å². The summed E-state index contributed by atoms with van der Waals surface area (Å²) >= 11 is 0. The van der Waals surface area contributed by atoms with Crippen molar-refractivity contribution >= 4 is 6.03 Å². The Balaban J connectivity index is 1.78. The van der Waals surface area contributed by atoms with Gasteiger partial charge in [-0.3, -0.25) is 0 Å². The van der Waals surface area contributed by atoms with Crippen molar-refractivity contribution in [2.45, 2.75) is 45.4 Å². The third-order valence-electron chi connectivity index (χ3n) is 3.76. The maximum Gasteiger partial charge on any atom is 0.341 e. The van der Waals surface area contributed by atoms with Crippen molar-refractivity contribution in [3.8, 4) is 5.69 Å². The highest BCUT2D eigenvalue weighted by atomic mass is 16.2. The molecule has 1 N–H and O–H groups in total. The monoisotopic (exact) mass is 326 g/mol. The molecular weight excluding hydrogens is 300 g/mol. The molecule has 0 radical (unpaired) electrons. The second-order valence-corrected chi connectivity index (χ2v) is 5.78. The van der Waals surface area contributed by atoms with Gasteiger partial charge in [-0.1, -0.05) is 57.2 Å². The number of amides is 2. The highest BCUT2D eigenvalue weighted by Gasteiger charge is 1.98. The Labute approximate surface area is 143 Å². The first-order valence-electron chi connectivity index (χ1n) is 8.72. The topological polar surface area (TPSA) is 59.3 Å². The van der Waals surface area contributed by atoms with Crippen LogP contribution in [0.3, 0.4) is 0 Å². The largest absolute Gasteiger partial charge is 0.341 e. The van der Waals surface area contributed by atoms with Gasteiger partial charge in [-0.2, -0.15) is 10.1 Å². The number of unbranched alkanes of at least 4 members (excludes halogenated alkanes) is 5. The number of para-hydroxylation sites is 1. The zero-order valence-corrected chi connectivity index (χ0v) is 14.3. The van der Waals surface area contributed by atoms with E-state index in [0.717, 1.165) is 18.5 Å². The second-order valence-electron chi connectivity index (χ2n) is 5.78. The molecule has 0 saturated heterocycles. The van der Waals surface area contributed by atoms with Gasteiger partial charge in [0.2, 0.25) is 0 Å². The first-order chi connectivity index (χ1) is 11.8. The summed E-state index contributed by atoms with van der Waals surface area (Å²) in [5.41, 5.74) is 0.969. The standard InChI is InChI=1S/C19H26N4O/c1-2-3-4-5-6-10-14-20-19(24)22-17-13-15-23(21-16-17)18-11-8-7-9-12-18/h7-9,11-13,15-16H,2-6,10,14H2,1H3,(H,20,24)/b22-17-. The molecule has 2 amide bonds.